The van der Waals surface area contributed by atoms with Gasteiger partial charge in [-0.3, -0.25) is 14.4 Å². The van der Waals surface area contributed by atoms with E-state index in [1.54, 1.807) is 6.07 Å². The summed E-state index contributed by atoms with van der Waals surface area (Å²) in [5.74, 6) is -3.06. The summed E-state index contributed by atoms with van der Waals surface area (Å²) >= 11 is 0. The number of nitrogens with one attached hydrogen (secondary N) is 1. The Morgan fingerprint density at radius 3 is 2.38 bits per heavy atom. The monoisotopic (exact) mass is 455 g/mol. The van der Waals surface area contributed by atoms with E-state index in [1.807, 2.05) is 0 Å². The van der Waals surface area contributed by atoms with Gasteiger partial charge in [-0.05, 0) is 12.6 Å². The van der Waals surface area contributed by atoms with Gasteiger partial charge in [0.15, 0.2) is 18.5 Å². The minimum atomic E-state index is -1.25. The highest BCUT2D eigenvalue weighted by atomic mass is 19.1. The number of carbonyl (C=O) groups is 3. The third-order valence-electron chi connectivity index (χ3n) is 4.40. The Bertz CT molecular complexity index is 846. The van der Waals surface area contributed by atoms with E-state index in [-0.39, 0.29) is 18.8 Å². The Labute approximate surface area is 184 Å². The first-order chi connectivity index (χ1) is 15.1. The Morgan fingerprint density at radius 2 is 1.81 bits per heavy atom. The SMILES string of the molecule is C=C(O)O[C@H]1[C@H](OC(C)=O)[C@@H](NC(C)=O)[C@@H](OCc2ccccc2F)O[C@H]1COC(C)=O. The van der Waals surface area contributed by atoms with Gasteiger partial charge in [0.1, 0.15) is 24.6 Å². The van der Waals surface area contributed by atoms with Crippen molar-refractivity contribution in [2.24, 2.45) is 0 Å². The number of hydrogen-bond donors (Lipinski definition) is 2. The Hall–Kier alpha value is -3.18. The molecule has 2 N–H and O–H groups in total. The predicted octanol–water partition coefficient (Wildman–Crippen LogP) is 1.48. The van der Waals surface area contributed by atoms with Crippen LogP contribution in [0.1, 0.15) is 26.3 Å². The van der Waals surface area contributed by atoms with E-state index in [0.29, 0.717) is 0 Å². The molecular formula is C21H26FNO9. The zero-order valence-electron chi connectivity index (χ0n) is 17.9. The molecule has 0 radical (unpaired) electrons. The highest BCUT2D eigenvalue weighted by Crippen LogP contribution is 2.29. The highest BCUT2D eigenvalue weighted by Gasteiger charge is 2.51. The number of esters is 2. The summed E-state index contributed by atoms with van der Waals surface area (Å²) in [4.78, 5) is 34.9. The van der Waals surface area contributed by atoms with E-state index in [0.717, 1.165) is 6.92 Å². The third kappa shape index (κ3) is 7.20. The molecule has 11 heteroatoms. The largest absolute Gasteiger partial charge is 0.481 e. The van der Waals surface area contributed by atoms with Crippen molar-refractivity contribution in [3.8, 4) is 0 Å². The van der Waals surface area contributed by atoms with E-state index in [1.165, 1.54) is 32.0 Å². The van der Waals surface area contributed by atoms with Crippen molar-refractivity contribution in [1.82, 2.24) is 5.32 Å². The number of aliphatic hydroxyl groups is 1. The van der Waals surface area contributed by atoms with Crippen LogP contribution in [-0.2, 0) is 44.7 Å². The maximum Gasteiger partial charge on any atom is 0.303 e. The van der Waals surface area contributed by atoms with Gasteiger partial charge in [-0.25, -0.2) is 4.39 Å². The summed E-state index contributed by atoms with van der Waals surface area (Å²) in [6.07, 6.45) is -4.81. The first-order valence-electron chi connectivity index (χ1n) is 9.71. The van der Waals surface area contributed by atoms with Crippen LogP contribution < -0.4 is 5.32 Å². The smallest absolute Gasteiger partial charge is 0.303 e. The van der Waals surface area contributed by atoms with Crippen LogP contribution in [0.5, 0.6) is 0 Å². The number of halogens is 1. The first-order valence-corrected chi connectivity index (χ1v) is 9.71. The Balaban J connectivity index is 2.37. The van der Waals surface area contributed by atoms with Gasteiger partial charge in [-0.2, -0.15) is 0 Å². The van der Waals surface area contributed by atoms with Crippen molar-refractivity contribution >= 4 is 17.8 Å². The average molecular weight is 455 g/mol. The molecule has 0 unspecified atom stereocenters. The lowest BCUT2D eigenvalue weighted by Crippen LogP contribution is -2.66. The fraction of sp³-hybridized carbons (Fsp3) is 0.476. The lowest BCUT2D eigenvalue weighted by atomic mass is 9.96. The zero-order chi connectivity index (χ0) is 23.8. The maximum absolute atomic E-state index is 14.0. The minimum absolute atomic E-state index is 0.223. The summed E-state index contributed by atoms with van der Waals surface area (Å²) < 4.78 is 41.2. The number of carbonyl (C=O) groups excluding carboxylic acids is 3. The molecule has 0 aliphatic carbocycles. The number of hydrogen-bond acceptors (Lipinski definition) is 9. The third-order valence-corrected chi connectivity index (χ3v) is 4.40. The molecule has 1 aromatic rings. The quantitative estimate of drug-likeness (QED) is 0.420. The molecule has 1 aliphatic heterocycles. The van der Waals surface area contributed by atoms with Gasteiger partial charge in [0, 0.05) is 26.3 Å². The van der Waals surface area contributed by atoms with Crippen molar-refractivity contribution in [2.45, 2.75) is 58.0 Å². The second-order valence-corrected chi connectivity index (χ2v) is 7.02. The second-order valence-electron chi connectivity index (χ2n) is 7.02. The molecule has 0 saturated carbocycles. The molecule has 2 rings (SSSR count). The lowest BCUT2D eigenvalue weighted by Gasteiger charge is -2.45. The fourth-order valence-corrected chi connectivity index (χ4v) is 3.19. The summed E-state index contributed by atoms with van der Waals surface area (Å²) in [5, 5.41) is 12.2. The molecular weight excluding hydrogens is 429 g/mol. The van der Waals surface area contributed by atoms with Crippen LogP contribution in [0, 0.1) is 5.82 Å². The summed E-state index contributed by atoms with van der Waals surface area (Å²) in [5.41, 5.74) is 0.223. The van der Waals surface area contributed by atoms with Crippen LogP contribution in [0.2, 0.25) is 0 Å². The molecule has 10 nitrogen and oxygen atoms in total. The minimum Gasteiger partial charge on any atom is -0.481 e. The van der Waals surface area contributed by atoms with Crippen molar-refractivity contribution in [2.75, 3.05) is 6.61 Å². The maximum atomic E-state index is 14.0. The Kier molecular flexibility index (Phi) is 8.97. The molecule has 0 aromatic heterocycles. The number of rotatable bonds is 9. The van der Waals surface area contributed by atoms with Gasteiger partial charge in [-0.15, -0.1) is 0 Å². The number of aliphatic hydroxyl groups excluding tert-OH is 1. The summed E-state index contributed by atoms with van der Waals surface area (Å²) in [7, 11) is 0. The van der Waals surface area contributed by atoms with E-state index >= 15 is 0 Å². The van der Waals surface area contributed by atoms with Gasteiger partial charge in [0.05, 0.1) is 6.61 Å². The molecule has 1 amide bonds. The van der Waals surface area contributed by atoms with Crippen molar-refractivity contribution in [1.29, 1.82) is 0 Å². The van der Waals surface area contributed by atoms with Crippen LogP contribution in [0.4, 0.5) is 4.39 Å². The molecule has 1 heterocycles. The Morgan fingerprint density at radius 1 is 1.12 bits per heavy atom. The van der Waals surface area contributed by atoms with E-state index < -0.39 is 60.3 Å². The van der Waals surface area contributed by atoms with Crippen LogP contribution >= 0.6 is 0 Å². The molecule has 1 aromatic carbocycles. The van der Waals surface area contributed by atoms with Gasteiger partial charge in [0.2, 0.25) is 5.91 Å². The predicted molar refractivity (Wildman–Crippen MR) is 106 cm³/mol. The van der Waals surface area contributed by atoms with Gasteiger partial charge in [-0.1, -0.05) is 18.2 Å². The highest BCUT2D eigenvalue weighted by molar-refractivity contribution is 5.73. The van der Waals surface area contributed by atoms with E-state index in [4.69, 9.17) is 23.7 Å². The standard InChI is InChI=1S/C21H26FNO9/c1-11(24)23-18-20(31-14(4)27)19(30-13(3)26)17(10-28-12(2)25)32-21(18)29-9-15-7-5-6-8-16(15)22/h5-8,17-21,26H,3,9-10H2,1-2,4H3,(H,23,24)/t17-,18+,19+,20+,21-/m0/s1. The van der Waals surface area contributed by atoms with E-state index in [9.17, 15) is 23.9 Å². The molecule has 32 heavy (non-hydrogen) atoms. The summed E-state index contributed by atoms with van der Waals surface area (Å²) in [6.45, 7) is 6.21. The number of ether oxygens (including phenoxy) is 5. The second kappa shape index (κ2) is 11.4. The average Bonchev–Trinajstić information content (AvgIpc) is 2.68. The number of benzene rings is 1. The van der Waals surface area contributed by atoms with Crippen molar-refractivity contribution in [3.05, 3.63) is 48.2 Å². The molecule has 1 aliphatic rings. The lowest BCUT2D eigenvalue weighted by molar-refractivity contribution is -0.283. The fourth-order valence-electron chi connectivity index (χ4n) is 3.19. The molecule has 1 fully saturated rings. The van der Waals surface area contributed by atoms with Crippen molar-refractivity contribution < 1.29 is 47.6 Å². The normalized spacial score (nSPS) is 24.8. The first kappa shape index (κ1) is 25.1. The molecule has 5 atom stereocenters. The van der Waals surface area contributed by atoms with Crippen LogP contribution in [0.15, 0.2) is 36.8 Å². The van der Waals surface area contributed by atoms with Crippen LogP contribution in [0.25, 0.3) is 0 Å². The molecule has 0 bridgehead atoms. The van der Waals surface area contributed by atoms with Gasteiger partial charge in [0.25, 0.3) is 5.95 Å². The van der Waals surface area contributed by atoms with E-state index in [2.05, 4.69) is 11.9 Å². The summed E-state index contributed by atoms with van der Waals surface area (Å²) in [6, 6.07) is 4.80. The molecule has 0 spiro atoms. The van der Waals surface area contributed by atoms with Crippen LogP contribution in [-0.4, -0.2) is 60.2 Å². The zero-order valence-corrected chi connectivity index (χ0v) is 17.9. The topological polar surface area (TPSA) is 130 Å². The van der Waals surface area contributed by atoms with Crippen molar-refractivity contribution in [3.63, 3.8) is 0 Å². The molecule has 176 valence electrons. The van der Waals surface area contributed by atoms with Gasteiger partial charge >= 0.3 is 11.9 Å². The van der Waals surface area contributed by atoms with Gasteiger partial charge < -0.3 is 34.1 Å². The number of amides is 1. The molecule has 1 saturated heterocycles. The van der Waals surface area contributed by atoms with Crippen LogP contribution in [0.3, 0.4) is 0 Å².